The Bertz CT molecular complexity index is 682. The van der Waals surface area contributed by atoms with Crippen LogP contribution in [-0.2, 0) is 14.3 Å². The summed E-state index contributed by atoms with van der Waals surface area (Å²) in [6.07, 6.45) is -0.878. The highest BCUT2D eigenvalue weighted by Crippen LogP contribution is 2.16. The van der Waals surface area contributed by atoms with E-state index in [4.69, 9.17) is 9.84 Å². The van der Waals surface area contributed by atoms with Gasteiger partial charge < -0.3 is 35.8 Å². The Morgan fingerprint density at radius 1 is 1.00 bits per heavy atom. The Hall–Kier alpha value is -2.69. The van der Waals surface area contributed by atoms with Crippen LogP contribution in [-0.4, -0.2) is 76.2 Å². The predicted molar refractivity (Wildman–Crippen MR) is 103 cm³/mol. The van der Waals surface area contributed by atoms with Gasteiger partial charge in [0.1, 0.15) is 17.4 Å². The molecule has 1 aromatic rings. The second kappa shape index (κ2) is 12.7. The number of hydrogen-bond acceptors (Lipinski definition) is 8. The Morgan fingerprint density at radius 2 is 1.66 bits per heavy atom. The maximum absolute atomic E-state index is 11.9. The first-order valence-electron chi connectivity index (χ1n) is 9.28. The summed E-state index contributed by atoms with van der Waals surface area (Å²) in [4.78, 5) is 33.7. The van der Waals surface area contributed by atoms with Crippen molar-refractivity contribution in [1.82, 2.24) is 10.6 Å². The summed E-state index contributed by atoms with van der Waals surface area (Å²) in [6, 6.07) is 5.16. The van der Waals surface area contributed by atoms with Gasteiger partial charge in [-0.3, -0.25) is 4.79 Å². The summed E-state index contributed by atoms with van der Waals surface area (Å²) in [6.45, 7) is 2.43. The lowest BCUT2D eigenvalue weighted by molar-refractivity contribution is -0.146. The van der Waals surface area contributed by atoms with Crippen LogP contribution in [0.25, 0.3) is 0 Å². The number of phenolic OH excluding ortho intramolecular Hbond substituents is 1. The van der Waals surface area contributed by atoms with Crippen molar-refractivity contribution in [3.63, 3.8) is 0 Å². The molecule has 10 heteroatoms. The second-order valence-electron chi connectivity index (χ2n) is 6.57. The third-order valence-electron chi connectivity index (χ3n) is 4.23. The molecule has 0 aliphatic carbocycles. The van der Waals surface area contributed by atoms with E-state index in [9.17, 15) is 29.7 Å². The first-order valence-corrected chi connectivity index (χ1v) is 9.28. The van der Waals surface area contributed by atoms with E-state index in [1.807, 2.05) is 6.92 Å². The van der Waals surface area contributed by atoms with E-state index in [1.165, 1.54) is 12.1 Å². The number of aliphatic carboxylic acids is 2. The quantitative estimate of drug-likeness (QED) is 0.232. The van der Waals surface area contributed by atoms with Crippen LogP contribution in [0.4, 0.5) is 0 Å². The molecule has 0 aliphatic rings. The first kappa shape index (κ1) is 24.3. The molecule has 1 aromatic carbocycles. The number of rotatable bonds is 14. The van der Waals surface area contributed by atoms with E-state index in [0.717, 1.165) is 0 Å². The molecule has 6 N–H and O–H groups in total. The zero-order chi connectivity index (χ0) is 21.8. The van der Waals surface area contributed by atoms with Gasteiger partial charge in [0.2, 0.25) is 0 Å². The largest absolute Gasteiger partial charge is 0.507 e. The normalized spacial score (nSPS) is 14.0. The van der Waals surface area contributed by atoms with E-state index >= 15 is 0 Å². The zero-order valence-corrected chi connectivity index (χ0v) is 16.2. The summed E-state index contributed by atoms with van der Waals surface area (Å²) < 4.78 is 5.12. The fourth-order valence-corrected chi connectivity index (χ4v) is 2.46. The van der Waals surface area contributed by atoms with Gasteiger partial charge in [-0.05, 0) is 51.4 Å². The van der Waals surface area contributed by atoms with Gasteiger partial charge in [-0.2, -0.15) is 0 Å². The van der Waals surface area contributed by atoms with Gasteiger partial charge in [0.15, 0.2) is 6.10 Å². The lowest BCUT2D eigenvalue weighted by atomic mass is 10.1. The van der Waals surface area contributed by atoms with E-state index in [1.54, 1.807) is 12.1 Å². The molecule has 0 aliphatic heterocycles. The number of aromatic hydroxyl groups is 1. The summed E-state index contributed by atoms with van der Waals surface area (Å²) in [5.74, 6) is -3.18. The Labute approximate surface area is 168 Å². The van der Waals surface area contributed by atoms with Crippen LogP contribution in [0.3, 0.4) is 0 Å². The van der Waals surface area contributed by atoms with Crippen LogP contribution in [0, 0.1) is 0 Å². The smallest absolute Gasteiger partial charge is 0.341 e. The molecule has 0 amide bonds. The average molecular weight is 412 g/mol. The van der Waals surface area contributed by atoms with Crippen molar-refractivity contribution in [2.45, 2.75) is 44.4 Å². The SMILES string of the molecule is C[C@H](CCOC(=O)c1ccccc1O)NCC[C@H](NCC[C@H](O)C(=O)O)C(=O)O. The number of ether oxygens (including phenoxy) is 1. The lowest BCUT2D eigenvalue weighted by Gasteiger charge is -2.18. The van der Waals surface area contributed by atoms with Crippen LogP contribution in [0.15, 0.2) is 24.3 Å². The molecular weight excluding hydrogens is 384 g/mol. The molecule has 29 heavy (non-hydrogen) atoms. The lowest BCUT2D eigenvalue weighted by Crippen LogP contribution is -2.41. The van der Waals surface area contributed by atoms with Gasteiger partial charge >= 0.3 is 17.9 Å². The average Bonchev–Trinajstić information content (AvgIpc) is 2.66. The molecule has 0 unspecified atom stereocenters. The minimum atomic E-state index is -1.53. The number of benzene rings is 1. The molecule has 0 heterocycles. The second-order valence-corrected chi connectivity index (χ2v) is 6.57. The van der Waals surface area contributed by atoms with Crippen LogP contribution in [0.2, 0.25) is 0 Å². The number of phenols is 1. The number of hydrogen-bond donors (Lipinski definition) is 6. The number of carbonyl (C=O) groups excluding carboxylic acids is 1. The number of nitrogens with one attached hydrogen (secondary N) is 2. The van der Waals surface area contributed by atoms with Crippen molar-refractivity contribution in [1.29, 1.82) is 0 Å². The molecule has 3 atom stereocenters. The minimum absolute atomic E-state index is 0.0459. The van der Waals surface area contributed by atoms with Gasteiger partial charge in [-0.25, -0.2) is 9.59 Å². The van der Waals surface area contributed by atoms with E-state index in [-0.39, 0.29) is 43.3 Å². The van der Waals surface area contributed by atoms with Crippen LogP contribution in [0.5, 0.6) is 5.75 Å². The number of esters is 1. The Balaban J connectivity index is 2.25. The van der Waals surface area contributed by atoms with Gasteiger partial charge in [0.25, 0.3) is 0 Å². The third-order valence-corrected chi connectivity index (χ3v) is 4.23. The maximum Gasteiger partial charge on any atom is 0.341 e. The highest BCUT2D eigenvalue weighted by Gasteiger charge is 2.19. The van der Waals surface area contributed by atoms with Crippen LogP contribution < -0.4 is 10.6 Å². The minimum Gasteiger partial charge on any atom is -0.507 e. The van der Waals surface area contributed by atoms with Crippen molar-refractivity contribution in [3.8, 4) is 5.75 Å². The monoisotopic (exact) mass is 412 g/mol. The van der Waals surface area contributed by atoms with E-state index < -0.39 is 30.1 Å². The molecule has 162 valence electrons. The number of para-hydroxylation sites is 1. The van der Waals surface area contributed by atoms with E-state index in [0.29, 0.717) is 13.0 Å². The molecule has 0 radical (unpaired) electrons. The third kappa shape index (κ3) is 9.37. The molecule has 0 spiro atoms. The highest BCUT2D eigenvalue weighted by molar-refractivity contribution is 5.92. The zero-order valence-electron chi connectivity index (χ0n) is 16.2. The number of carbonyl (C=O) groups is 3. The summed E-state index contributed by atoms with van der Waals surface area (Å²) in [5, 5.41) is 42.4. The van der Waals surface area contributed by atoms with Crippen molar-refractivity contribution >= 4 is 17.9 Å². The molecule has 1 rings (SSSR count). The van der Waals surface area contributed by atoms with Crippen molar-refractivity contribution in [2.75, 3.05) is 19.7 Å². The fourth-order valence-electron chi connectivity index (χ4n) is 2.46. The Kier molecular flexibility index (Phi) is 10.7. The van der Waals surface area contributed by atoms with Crippen molar-refractivity contribution in [2.24, 2.45) is 0 Å². The van der Waals surface area contributed by atoms with Crippen molar-refractivity contribution < 1.29 is 39.5 Å². The van der Waals surface area contributed by atoms with Gasteiger partial charge in [0.05, 0.1) is 6.61 Å². The molecule has 0 saturated carbocycles. The van der Waals surface area contributed by atoms with E-state index in [2.05, 4.69) is 10.6 Å². The summed E-state index contributed by atoms with van der Waals surface area (Å²) >= 11 is 0. The fraction of sp³-hybridized carbons (Fsp3) is 0.526. The molecule has 0 aromatic heterocycles. The number of aliphatic hydroxyl groups excluding tert-OH is 1. The van der Waals surface area contributed by atoms with Gasteiger partial charge in [0, 0.05) is 6.04 Å². The first-order chi connectivity index (χ1) is 13.7. The molecular formula is C19H28N2O8. The summed E-state index contributed by atoms with van der Waals surface area (Å²) in [7, 11) is 0. The standard InChI is InChI=1S/C19H28N2O8/c1-12(8-11-29-19(28)13-4-2-3-5-15(13)22)20-9-6-14(17(24)25)21-10-7-16(23)18(26)27/h2-5,12,14,16,20-23H,6-11H2,1H3,(H,24,25)(H,26,27)/t12-,14+,16+/m1/s1. The van der Waals surface area contributed by atoms with Crippen LogP contribution >= 0.6 is 0 Å². The van der Waals surface area contributed by atoms with Gasteiger partial charge in [-0.1, -0.05) is 12.1 Å². The molecule has 0 bridgehead atoms. The topological polar surface area (TPSA) is 165 Å². The molecule has 0 fully saturated rings. The number of aliphatic hydroxyl groups is 1. The number of carboxylic acid groups (broad SMARTS) is 2. The Morgan fingerprint density at radius 3 is 2.28 bits per heavy atom. The maximum atomic E-state index is 11.9. The predicted octanol–water partition coefficient (Wildman–Crippen LogP) is 0.186. The summed E-state index contributed by atoms with van der Waals surface area (Å²) in [5.41, 5.74) is 0.0940. The van der Waals surface area contributed by atoms with Crippen molar-refractivity contribution in [3.05, 3.63) is 29.8 Å². The highest BCUT2D eigenvalue weighted by atomic mass is 16.5. The van der Waals surface area contributed by atoms with Gasteiger partial charge in [-0.15, -0.1) is 0 Å². The van der Waals surface area contributed by atoms with Crippen LogP contribution in [0.1, 0.15) is 36.5 Å². The molecule has 10 nitrogen and oxygen atoms in total. The molecule has 0 saturated heterocycles. The number of carboxylic acids is 2.